The zero-order valence-electron chi connectivity index (χ0n) is 12.5. The van der Waals surface area contributed by atoms with Crippen molar-refractivity contribution < 1.29 is 14.8 Å². The van der Waals surface area contributed by atoms with Crippen LogP contribution in [0.15, 0.2) is 18.2 Å². The van der Waals surface area contributed by atoms with E-state index in [2.05, 4.69) is 24.1 Å². The topological polar surface area (TPSA) is 95.7 Å². The molecule has 1 rings (SSSR count). The third kappa shape index (κ3) is 4.71. The maximum absolute atomic E-state index is 11.0. The predicted molar refractivity (Wildman–Crippen MR) is 80.9 cm³/mol. The average Bonchev–Trinajstić information content (AvgIpc) is 2.45. The van der Waals surface area contributed by atoms with Gasteiger partial charge in [0, 0.05) is 25.2 Å². The second-order valence-corrected chi connectivity index (χ2v) is 4.96. The first-order valence-electron chi connectivity index (χ1n) is 6.82. The summed E-state index contributed by atoms with van der Waals surface area (Å²) in [5.41, 5.74) is 0.0209. The van der Waals surface area contributed by atoms with Crippen LogP contribution in [0.5, 0.6) is 0 Å². The number of aromatic carboxylic acids is 1. The molecule has 1 aromatic rings. The second kappa shape index (κ2) is 7.58. The number of nitro benzene ring substituents is 1. The molecule has 1 aromatic carbocycles. The van der Waals surface area contributed by atoms with Crippen LogP contribution in [0.25, 0.3) is 0 Å². The summed E-state index contributed by atoms with van der Waals surface area (Å²) >= 11 is 0. The number of rotatable bonds is 8. The molecular formula is C14H21N3O4. The number of hydrogen-bond donors (Lipinski definition) is 2. The Kier molecular flexibility index (Phi) is 6.10. The molecule has 0 amide bonds. The van der Waals surface area contributed by atoms with Gasteiger partial charge in [-0.3, -0.25) is 10.1 Å². The minimum Gasteiger partial charge on any atom is -0.478 e. The van der Waals surface area contributed by atoms with Gasteiger partial charge in [0.2, 0.25) is 0 Å². The van der Waals surface area contributed by atoms with Crippen LogP contribution < -0.4 is 5.32 Å². The Morgan fingerprint density at radius 2 is 2.19 bits per heavy atom. The van der Waals surface area contributed by atoms with Crippen LogP contribution in [0, 0.1) is 10.1 Å². The van der Waals surface area contributed by atoms with Crippen molar-refractivity contribution in [2.45, 2.75) is 26.3 Å². The summed E-state index contributed by atoms with van der Waals surface area (Å²) in [5, 5.41) is 22.9. The molecule has 2 N–H and O–H groups in total. The Morgan fingerprint density at radius 1 is 1.52 bits per heavy atom. The van der Waals surface area contributed by atoms with Gasteiger partial charge in [0.05, 0.1) is 10.5 Å². The van der Waals surface area contributed by atoms with Gasteiger partial charge in [-0.05, 0) is 32.5 Å². The highest BCUT2D eigenvalue weighted by Gasteiger charge is 2.17. The summed E-state index contributed by atoms with van der Waals surface area (Å²) in [7, 11) is 2.00. The highest BCUT2D eigenvalue weighted by atomic mass is 16.6. The van der Waals surface area contributed by atoms with E-state index in [-0.39, 0.29) is 11.3 Å². The summed E-state index contributed by atoms with van der Waals surface area (Å²) in [4.78, 5) is 23.4. The SMILES string of the molecule is CCC(C)N(C)CCNc1ccc(C(=O)O)cc1[N+](=O)[O-]. The van der Waals surface area contributed by atoms with Crippen molar-refractivity contribution in [1.82, 2.24) is 4.90 Å². The number of anilines is 1. The van der Waals surface area contributed by atoms with E-state index in [0.29, 0.717) is 18.3 Å². The third-order valence-electron chi connectivity index (χ3n) is 3.56. The normalized spacial score (nSPS) is 12.2. The molecule has 0 saturated heterocycles. The van der Waals surface area contributed by atoms with Crippen LogP contribution in [0.2, 0.25) is 0 Å². The molecule has 0 aliphatic carbocycles. The first kappa shape index (κ1) is 16.9. The minimum atomic E-state index is -1.18. The first-order chi connectivity index (χ1) is 9.86. The number of carbonyl (C=O) groups is 1. The van der Waals surface area contributed by atoms with Gasteiger partial charge in [-0.25, -0.2) is 4.79 Å². The predicted octanol–water partition coefficient (Wildman–Crippen LogP) is 2.44. The molecule has 0 fully saturated rings. The number of benzene rings is 1. The molecule has 0 aromatic heterocycles. The molecule has 0 spiro atoms. The van der Waals surface area contributed by atoms with Crippen LogP contribution in [0.3, 0.4) is 0 Å². The Morgan fingerprint density at radius 3 is 2.71 bits per heavy atom. The lowest BCUT2D eigenvalue weighted by molar-refractivity contribution is -0.384. The van der Waals surface area contributed by atoms with Gasteiger partial charge in [0.1, 0.15) is 5.69 Å². The molecule has 7 heteroatoms. The standard InChI is InChI=1S/C14H21N3O4/c1-4-10(2)16(3)8-7-15-12-6-5-11(14(18)19)9-13(12)17(20)21/h5-6,9-10,15H,4,7-8H2,1-3H3,(H,18,19). The van der Waals surface area contributed by atoms with E-state index in [1.54, 1.807) is 0 Å². The number of nitrogens with zero attached hydrogens (tertiary/aromatic N) is 2. The molecular weight excluding hydrogens is 274 g/mol. The van der Waals surface area contributed by atoms with E-state index < -0.39 is 10.9 Å². The van der Waals surface area contributed by atoms with Crippen molar-refractivity contribution in [3.63, 3.8) is 0 Å². The van der Waals surface area contributed by atoms with E-state index in [9.17, 15) is 14.9 Å². The Bertz CT molecular complexity index is 519. The molecule has 21 heavy (non-hydrogen) atoms. The van der Waals surface area contributed by atoms with E-state index in [1.165, 1.54) is 12.1 Å². The molecule has 0 radical (unpaired) electrons. The molecule has 0 bridgehead atoms. The van der Waals surface area contributed by atoms with Crippen LogP contribution in [0.1, 0.15) is 30.6 Å². The average molecular weight is 295 g/mol. The van der Waals surface area contributed by atoms with Gasteiger partial charge in [0.15, 0.2) is 0 Å². The van der Waals surface area contributed by atoms with Gasteiger partial charge in [-0.1, -0.05) is 6.92 Å². The fraction of sp³-hybridized carbons (Fsp3) is 0.500. The van der Waals surface area contributed by atoms with Gasteiger partial charge in [0.25, 0.3) is 5.69 Å². The van der Waals surface area contributed by atoms with E-state index in [4.69, 9.17) is 5.11 Å². The summed E-state index contributed by atoms with van der Waals surface area (Å²) in [6.45, 7) is 5.51. The number of carboxylic acid groups (broad SMARTS) is 1. The smallest absolute Gasteiger partial charge is 0.335 e. The number of hydrogen-bond acceptors (Lipinski definition) is 5. The van der Waals surface area contributed by atoms with E-state index in [1.807, 2.05) is 7.05 Å². The Labute approximate surface area is 123 Å². The van der Waals surface area contributed by atoms with Crippen LogP contribution in [0.4, 0.5) is 11.4 Å². The summed E-state index contributed by atoms with van der Waals surface area (Å²) in [6, 6.07) is 4.31. The lowest BCUT2D eigenvalue weighted by atomic mass is 10.1. The van der Waals surface area contributed by atoms with Crippen molar-refractivity contribution in [3.8, 4) is 0 Å². The van der Waals surface area contributed by atoms with E-state index >= 15 is 0 Å². The molecule has 116 valence electrons. The lowest BCUT2D eigenvalue weighted by Crippen LogP contribution is -2.32. The molecule has 0 aliphatic rings. The molecule has 0 heterocycles. The molecule has 0 saturated carbocycles. The van der Waals surface area contributed by atoms with Crippen LogP contribution in [-0.2, 0) is 0 Å². The number of nitro groups is 1. The van der Waals surface area contributed by atoms with Gasteiger partial charge >= 0.3 is 5.97 Å². The monoisotopic (exact) mass is 295 g/mol. The van der Waals surface area contributed by atoms with Gasteiger partial charge < -0.3 is 15.3 Å². The molecule has 1 unspecified atom stereocenters. The Hall–Kier alpha value is -2.15. The largest absolute Gasteiger partial charge is 0.478 e. The van der Waals surface area contributed by atoms with Crippen LogP contribution in [-0.4, -0.2) is 47.1 Å². The van der Waals surface area contributed by atoms with Crippen molar-refractivity contribution in [1.29, 1.82) is 0 Å². The highest BCUT2D eigenvalue weighted by Crippen LogP contribution is 2.25. The fourth-order valence-electron chi connectivity index (χ4n) is 1.86. The van der Waals surface area contributed by atoms with Gasteiger partial charge in [-0.15, -0.1) is 0 Å². The van der Waals surface area contributed by atoms with Crippen molar-refractivity contribution in [2.75, 3.05) is 25.5 Å². The summed E-state index contributed by atoms with van der Waals surface area (Å²) in [5.74, 6) is -1.18. The zero-order chi connectivity index (χ0) is 16.0. The number of carboxylic acids is 1. The molecule has 7 nitrogen and oxygen atoms in total. The third-order valence-corrected chi connectivity index (χ3v) is 3.56. The first-order valence-corrected chi connectivity index (χ1v) is 6.82. The van der Waals surface area contributed by atoms with Gasteiger partial charge in [-0.2, -0.15) is 0 Å². The Balaban J connectivity index is 2.75. The summed E-state index contributed by atoms with van der Waals surface area (Å²) in [6.07, 6.45) is 1.03. The number of likely N-dealkylation sites (N-methyl/N-ethyl adjacent to an activating group) is 1. The van der Waals surface area contributed by atoms with Crippen molar-refractivity contribution in [3.05, 3.63) is 33.9 Å². The maximum Gasteiger partial charge on any atom is 0.335 e. The zero-order valence-corrected chi connectivity index (χ0v) is 12.5. The molecule has 0 aliphatic heterocycles. The van der Waals surface area contributed by atoms with Crippen LogP contribution >= 0.6 is 0 Å². The van der Waals surface area contributed by atoms with Crippen molar-refractivity contribution >= 4 is 17.3 Å². The minimum absolute atomic E-state index is 0.0935. The van der Waals surface area contributed by atoms with E-state index in [0.717, 1.165) is 19.0 Å². The summed E-state index contributed by atoms with van der Waals surface area (Å²) < 4.78 is 0. The maximum atomic E-state index is 11.0. The quantitative estimate of drug-likeness (QED) is 0.565. The lowest BCUT2D eigenvalue weighted by Gasteiger charge is -2.23. The number of nitrogens with one attached hydrogen (secondary N) is 1. The molecule has 1 atom stereocenters. The second-order valence-electron chi connectivity index (χ2n) is 4.96. The van der Waals surface area contributed by atoms with Crippen molar-refractivity contribution in [2.24, 2.45) is 0 Å². The highest BCUT2D eigenvalue weighted by molar-refractivity contribution is 5.89. The fourth-order valence-corrected chi connectivity index (χ4v) is 1.86.